The van der Waals surface area contributed by atoms with E-state index in [2.05, 4.69) is 4.72 Å². The Bertz CT molecular complexity index is 553. The van der Waals surface area contributed by atoms with E-state index in [1.54, 1.807) is 31.4 Å². The molecule has 0 heterocycles. The van der Waals surface area contributed by atoms with Gasteiger partial charge in [-0.3, -0.25) is 0 Å². The molecule has 1 N–H and O–H groups in total. The SMILES string of the molecule is COc1ccc(S(=O)(=O)N[C@H]2C[C@H]3CC[C@@H]2C3)cc1. The highest BCUT2D eigenvalue weighted by Gasteiger charge is 2.41. The van der Waals surface area contributed by atoms with Crippen LogP contribution in [0.15, 0.2) is 29.2 Å². The lowest BCUT2D eigenvalue weighted by atomic mass is 9.96. The summed E-state index contributed by atoms with van der Waals surface area (Å²) in [5.74, 6) is 1.94. The van der Waals surface area contributed by atoms with Crippen LogP contribution in [0.4, 0.5) is 0 Å². The normalized spacial score (nSPS) is 29.6. The van der Waals surface area contributed by atoms with E-state index < -0.39 is 10.0 Å². The van der Waals surface area contributed by atoms with Crippen molar-refractivity contribution in [2.24, 2.45) is 11.8 Å². The third kappa shape index (κ3) is 2.49. The van der Waals surface area contributed by atoms with Crippen molar-refractivity contribution in [1.82, 2.24) is 4.72 Å². The van der Waals surface area contributed by atoms with E-state index in [0.717, 1.165) is 12.3 Å². The van der Waals surface area contributed by atoms with Gasteiger partial charge in [-0.25, -0.2) is 13.1 Å². The van der Waals surface area contributed by atoms with Crippen LogP contribution in [0, 0.1) is 11.8 Å². The number of rotatable bonds is 4. The van der Waals surface area contributed by atoms with Crippen molar-refractivity contribution in [1.29, 1.82) is 0 Å². The molecule has 3 atom stereocenters. The van der Waals surface area contributed by atoms with Crippen LogP contribution in [-0.2, 0) is 10.0 Å². The van der Waals surface area contributed by atoms with Gasteiger partial charge in [-0.15, -0.1) is 0 Å². The highest BCUT2D eigenvalue weighted by atomic mass is 32.2. The summed E-state index contributed by atoms with van der Waals surface area (Å²) in [5.41, 5.74) is 0. The van der Waals surface area contributed by atoms with Crippen molar-refractivity contribution in [3.05, 3.63) is 24.3 Å². The van der Waals surface area contributed by atoms with Gasteiger partial charge in [-0.1, -0.05) is 6.42 Å². The number of hydrogen-bond acceptors (Lipinski definition) is 3. The molecule has 104 valence electrons. The number of benzene rings is 1. The first kappa shape index (κ1) is 12.9. The van der Waals surface area contributed by atoms with Crippen LogP contribution >= 0.6 is 0 Å². The van der Waals surface area contributed by atoms with Gasteiger partial charge >= 0.3 is 0 Å². The van der Waals surface area contributed by atoms with Crippen LogP contribution in [0.25, 0.3) is 0 Å². The molecule has 19 heavy (non-hydrogen) atoms. The maximum Gasteiger partial charge on any atom is 0.240 e. The minimum atomic E-state index is -3.40. The van der Waals surface area contributed by atoms with E-state index in [-0.39, 0.29) is 6.04 Å². The first-order valence-corrected chi connectivity index (χ1v) is 8.23. The lowest BCUT2D eigenvalue weighted by Crippen LogP contribution is -2.38. The molecule has 1 aromatic carbocycles. The van der Waals surface area contributed by atoms with Crippen molar-refractivity contribution in [2.45, 2.75) is 36.6 Å². The Morgan fingerprint density at radius 2 is 1.89 bits per heavy atom. The predicted octanol–water partition coefficient (Wildman–Crippen LogP) is 2.16. The molecule has 0 unspecified atom stereocenters. The number of sulfonamides is 1. The molecule has 3 rings (SSSR count). The maximum atomic E-state index is 12.3. The molecular weight excluding hydrogens is 262 g/mol. The summed E-state index contributed by atoms with van der Waals surface area (Å²) < 4.78 is 32.5. The van der Waals surface area contributed by atoms with Crippen LogP contribution in [0.3, 0.4) is 0 Å². The van der Waals surface area contributed by atoms with Crippen LogP contribution in [0.2, 0.25) is 0 Å². The quantitative estimate of drug-likeness (QED) is 0.920. The third-order valence-corrected chi connectivity index (χ3v) is 5.92. The van der Waals surface area contributed by atoms with Crippen molar-refractivity contribution in [2.75, 3.05) is 7.11 Å². The predicted molar refractivity (Wildman–Crippen MR) is 72.6 cm³/mol. The molecule has 2 aliphatic rings. The van der Waals surface area contributed by atoms with Gasteiger partial charge in [0.2, 0.25) is 10.0 Å². The summed E-state index contributed by atoms with van der Waals surface area (Å²) >= 11 is 0. The average molecular weight is 281 g/mol. The van der Waals surface area contributed by atoms with E-state index in [0.29, 0.717) is 16.6 Å². The minimum Gasteiger partial charge on any atom is -0.497 e. The second-order valence-corrected chi connectivity index (χ2v) is 7.29. The molecule has 2 fully saturated rings. The summed E-state index contributed by atoms with van der Waals surface area (Å²) in [6.45, 7) is 0. The van der Waals surface area contributed by atoms with Gasteiger partial charge in [-0.05, 0) is 55.4 Å². The molecule has 2 bridgehead atoms. The molecule has 2 saturated carbocycles. The Morgan fingerprint density at radius 3 is 2.42 bits per heavy atom. The zero-order valence-corrected chi connectivity index (χ0v) is 11.8. The van der Waals surface area contributed by atoms with E-state index in [1.807, 2.05) is 0 Å². The zero-order valence-electron chi connectivity index (χ0n) is 11.0. The summed E-state index contributed by atoms with van der Waals surface area (Å²) in [7, 11) is -1.83. The fraction of sp³-hybridized carbons (Fsp3) is 0.571. The Morgan fingerprint density at radius 1 is 1.16 bits per heavy atom. The largest absolute Gasteiger partial charge is 0.497 e. The molecule has 0 saturated heterocycles. The van der Waals surface area contributed by atoms with E-state index in [9.17, 15) is 8.42 Å². The lowest BCUT2D eigenvalue weighted by Gasteiger charge is -2.22. The fourth-order valence-corrected chi connectivity index (χ4v) is 4.73. The molecule has 5 heteroatoms. The molecule has 0 aliphatic heterocycles. The van der Waals surface area contributed by atoms with Crippen LogP contribution in [-0.4, -0.2) is 21.6 Å². The second-order valence-electron chi connectivity index (χ2n) is 5.58. The summed E-state index contributed by atoms with van der Waals surface area (Å²) in [5, 5.41) is 0. The van der Waals surface area contributed by atoms with E-state index >= 15 is 0 Å². The Kier molecular flexibility index (Phi) is 3.27. The Balaban J connectivity index is 1.75. The number of ether oxygens (including phenoxy) is 1. The smallest absolute Gasteiger partial charge is 0.240 e. The first-order valence-electron chi connectivity index (χ1n) is 6.75. The van der Waals surface area contributed by atoms with Crippen LogP contribution < -0.4 is 9.46 Å². The molecule has 0 aromatic heterocycles. The number of methoxy groups -OCH3 is 1. The van der Waals surface area contributed by atoms with Gasteiger partial charge in [0.25, 0.3) is 0 Å². The van der Waals surface area contributed by atoms with E-state index in [1.165, 1.54) is 19.3 Å². The van der Waals surface area contributed by atoms with Crippen LogP contribution in [0.1, 0.15) is 25.7 Å². The standard InChI is InChI=1S/C14H19NO3S/c1-18-12-4-6-13(7-5-12)19(16,17)15-14-9-10-2-3-11(14)8-10/h4-7,10-11,14-15H,2-3,8-9H2,1H3/t10-,11+,14-/m0/s1. The van der Waals surface area contributed by atoms with Crippen LogP contribution in [0.5, 0.6) is 5.75 Å². The van der Waals surface area contributed by atoms with Gasteiger partial charge < -0.3 is 4.74 Å². The van der Waals surface area contributed by atoms with Gasteiger partial charge in [0.1, 0.15) is 5.75 Å². The molecule has 0 radical (unpaired) electrons. The fourth-order valence-electron chi connectivity index (χ4n) is 3.41. The molecule has 4 nitrogen and oxygen atoms in total. The first-order chi connectivity index (χ1) is 9.08. The van der Waals surface area contributed by atoms with E-state index in [4.69, 9.17) is 4.74 Å². The van der Waals surface area contributed by atoms with Gasteiger partial charge in [0.05, 0.1) is 12.0 Å². The maximum absolute atomic E-state index is 12.3. The molecule has 0 spiro atoms. The topological polar surface area (TPSA) is 55.4 Å². The minimum absolute atomic E-state index is 0.130. The molecular formula is C14H19NO3S. The van der Waals surface area contributed by atoms with Crippen molar-refractivity contribution >= 4 is 10.0 Å². The Hall–Kier alpha value is -1.07. The highest BCUT2D eigenvalue weighted by Crippen LogP contribution is 2.44. The average Bonchev–Trinajstić information content (AvgIpc) is 3.00. The van der Waals surface area contributed by atoms with Crippen molar-refractivity contribution in [3.63, 3.8) is 0 Å². The lowest BCUT2D eigenvalue weighted by molar-refractivity contribution is 0.390. The van der Waals surface area contributed by atoms with Gasteiger partial charge in [-0.2, -0.15) is 0 Å². The molecule has 0 amide bonds. The monoisotopic (exact) mass is 281 g/mol. The summed E-state index contributed by atoms with van der Waals surface area (Å²) in [6, 6.07) is 6.67. The molecule has 1 aromatic rings. The van der Waals surface area contributed by atoms with Crippen molar-refractivity contribution < 1.29 is 13.2 Å². The van der Waals surface area contributed by atoms with Gasteiger partial charge in [0.15, 0.2) is 0 Å². The Labute approximate surface area is 114 Å². The highest BCUT2D eigenvalue weighted by molar-refractivity contribution is 7.89. The molecule has 2 aliphatic carbocycles. The summed E-state index contributed by atoms with van der Waals surface area (Å²) in [6.07, 6.45) is 4.63. The number of nitrogens with one attached hydrogen (secondary N) is 1. The number of hydrogen-bond donors (Lipinski definition) is 1. The zero-order chi connectivity index (χ0) is 13.5. The summed E-state index contributed by atoms with van der Waals surface area (Å²) in [4.78, 5) is 0.316. The third-order valence-electron chi connectivity index (χ3n) is 4.41. The second kappa shape index (κ2) is 4.80. The number of fused-ring (bicyclic) bond motifs is 2. The van der Waals surface area contributed by atoms with Gasteiger partial charge in [0, 0.05) is 6.04 Å². The van der Waals surface area contributed by atoms with Crippen molar-refractivity contribution in [3.8, 4) is 5.75 Å².